The zero-order valence-electron chi connectivity index (χ0n) is 13.2. The highest BCUT2D eigenvalue weighted by Gasteiger charge is 2.32. The zero-order valence-corrected chi connectivity index (χ0v) is 13.9. The maximum absolute atomic E-state index is 12.3. The van der Waals surface area contributed by atoms with Crippen molar-refractivity contribution in [1.82, 2.24) is 5.32 Å². The second kappa shape index (κ2) is 6.93. The van der Waals surface area contributed by atoms with Crippen molar-refractivity contribution in [2.45, 2.75) is 12.5 Å². The predicted molar refractivity (Wildman–Crippen MR) is 92.7 cm³/mol. The van der Waals surface area contributed by atoms with E-state index in [1.807, 2.05) is 12.1 Å². The lowest BCUT2D eigenvalue weighted by molar-refractivity contribution is -0.117. The molecule has 1 aliphatic heterocycles. The van der Waals surface area contributed by atoms with E-state index in [9.17, 15) is 9.59 Å². The topological polar surface area (TPSA) is 58.6 Å². The maximum atomic E-state index is 12.3. The Bertz CT molecular complexity index is 761. The molecule has 6 heteroatoms. The average molecular weight is 345 g/mol. The number of ether oxygens (including phenoxy) is 1. The van der Waals surface area contributed by atoms with E-state index in [-0.39, 0.29) is 24.3 Å². The van der Waals surface area contributed by atoms with Crippen molar-refractivity contribution < 1.29 is 14.3 Å². The van der Waals surface area contributed by atoms with Gasteiger partial charge in [0.1, 0.15) is 5.75 Å². The van der Waals surface area contributed by atoms with Gasteiger partial charge in [0.05, 0.1) is 23.7 Å². The van der Waals surface area contributed by atoms with Gasteiger partial charge in [0, 0.05) is 18.7 Å². The smallest absolute Gasteiger partial charge is 0.253 e. The Kier molecular flexibility index (Phi) is 4.71. The van der Waals surface area contributed by atoms with Gasteiger partial charge in [-0.05, 0) is 36.4 Å². The number of carbonyl (C=O) groups is 2. The lowest BCUT2D eigenvalue weighted by Crippen LogP contribution is -2.37. The first-order valence-corrected chi connectivity index (χ1v) is 7.96. The molecule has 0 radical (unpaired) electrons. The number of hydrogen-bond donors (Lipinski definition) is 1. The van der Waals surface area contributed by atoms with E-state index in [0.29, 0.717) is 17.1 Å². The summed E-state index contributed by atoms with van der Waals surface area (Å²) in [5.41, 5.74) is 1.20. The van der Waals surface area contributed by atoms with Crippen molar-refractivity contribution in [3.05, 3.63) is 59.1 Å². The van der Waals surface area contributed by atoms with Crippen LogP contribution in [0.3, 0.4) is 0 Å². The molecule has 0 unspecified atom stereocenters. The number of benzene rings is 2. The summed E-state index contributed by atoms with van der Waals surface area (Å²) in [5.74, 6) is 0.438. The van der Waals surface area contributed by atoms with Gasteiger partial charge in [0.15, 0.2) is 0 Å². The molecule has 1 N–H and O–H groups in total. The van der Waals surface area contributed by atoms with Crippen LogP contribution in [0.5, 0.6) is 5.75 Å². The second-order valence-electron chi connectivity index (χ2n) is 5.56. The van der Waals surface area contributed by atoms with E-state index in [2.05, 4.69) is 5.32 Å². The maximum Gasteiger partial charge on any atom is 0.253 e. The molecule has 0 saturated carbocycles. The van der Waals surface area contributed by atoms with Crippen LogP contribution < -0.4 is 15.0 Å². The third-order valence-corrected chi connectivity index (χ3v) is 4.29. The van der Waals surface area contributed by atoms with E-state index in [4.69, 9.17) is 16.3 Å². The molecule has 1 saturated heterocycles. The zero-order chi connectivity index (χ0) is 17.1. The molecule has 0 aromatic heterocycles. The summed E-state index contributed by atoms with van der Waals surface area (Å²) in [6.45, 7) is 0.432. The first kappa shape index (κ1) is 16.3. The fourth-order valence-electron chi connectivity index (χ4n) is 2.72. The highest BCUT2D eigenvalue weighted by molar-refractivity contribution is 6.33. The van der Waals surface area contributed by atoms with Crippen molar-refractivity contribution in [2.24, 2.45) is 0 Å². The van der Waals surface area contributed by atoms with Gasteiger partial charge >= 0.3 is 0 Å². The molecule has 1 fully saturated rings. The number of halogens is 1. The van der Waals surface area contributed by atoms with Gasteiger partial charge in [-0.15, -0.1) is 0 Å². The molecule has 2 aromatic carbocycles. The molecular formula is C18H17ClN2O3. The summed E-state index contributed by atoms with van der Waals surface area (Å²) in [6, 6.07) is 13.9. The molecule has 124 valence electrons. The molecule has 0 aliphatic carbocycles. The van der Waals surface area contributed by atoms with E-state index in [1.165, 1.54) is 0 Å². The van der Waals surface area contributed by atoms with Crippen molar-refractivity contribution in [2.75, 3.05) is 18.6 Å². The highest BCUT2D eigenvalue weighted by Crippen LogP contribution is 2.24. The lowest BCUT2D eigenvalue weighted by Gasteiger charge is -2.17. The Balaban J connectivity index is 1.68. The minimum absolute atomic E-state index is 0.0235. The number of anilines is 1. The van der Waals surface area contributed by atoms with Crippen LogP contribution in [0.25, 0.3) is 0 Å². The van der Waals surface area contributed by atoms with Crippen molar-refractivity contribution in [3.8, 4) is 5.75 Å². The molecule has 1 aliphatic rings. The molecule has 5 nitrogen and oxygen atoms in total. The Morgan fingerprint density at radius 3 is 2.58 bits per heavy atom. The number of carbonyl (C=O) groups excluding carboxylic acids is 2. The number of nitrogens with zero attached hydrogens (tertiary/aromatic N) is 1. The first-order chi connectivity index (χ1) is 11.6. The molecule has 2 amide bonds. The standard InChI is InChI=1S/C18H17ClN2O3/c1-24-14-8-6-13(7-9-14)21-11-12(10-17(21)22)20-18(23)15-4-2-3-5-16(15)19/h2-9,12H,10-11H2,1H3,(H,20,23)/t12-/m0/s1. The molecule has 3 rings (SSSR count). The first-order valence-electron chi connectivity index (χ1n) is 7.58. The summed E-state index contributed by atoms with van der Waals surface area (Å²) in [6.07, 6.45) is 0.266. The Labute approximate surface area is 145 Å². The van der Waals surface area contributed by atoms with Crippen LogP contribution in [0.15, 0.2) is 48.5 Å². The van der Waals surface area contributed by atoms with Gasteiger partial charge in [-0.1, -0.05) is 23.7 Å². The van der Waals surface area contributed by atoms with Gasteiger partial charge < -0.3 is 15.0 Å². The van der Waals surface area contributed by atoms with Gasteiger partial charge in [-0.2, -0.15) is 0 Å². The largest absolute Gasteiger partial charge is 0.497 e. The van der Waals surface area contributed by atoms with Crippen LogP contribution in [0.1, 0.15) is 16.8 Å². The Morgan fingerprint density at radius 1 is 1.21 bits per heavy atom. The number of nitrogens with one attached hydrogen (secondary N) is 1. The summed E-state index contributed by atoms with van der Waals surface area (Å²) in [7, 11) is 1.59. The minimum atomic E-state index is -0.269. The molecule has 0 spiro atoms. The van der Waals surface area contributed by atoms with Crippen LogP contribution in [-0.2, 0) is 4.79 Å². The number of methoxy groups -OCH3 is 1. The van der Waals surface area contributed by atoms with Crippen LogP contribution in [0.4, 0.5) is 5.69 Å². The summed E-state index contributed by atoms with van der Waals surface area (Å²) in [4.78, 5) is 26.2. The van der Waals surface area contributed by atoms with Crippen molar-refractivity contribution in [3.63, 3.8) is 0 Å². The fourth-order valence-corrected chi connectivity index (χ4v) is 2.95. The molecule has 24 heavy (non-hydrogen) atoms. The van der Waals surface area contributed by atoms with E-state index in [1.54, 1.807) is 48.4 Å². The number of amides is 2. The second-order valence-corrected chi connectivity index (χ2v) is 5.96. The van der Waals surface area contributed by atoms with E-state index in [0.717, 1.165) is 11.4 Å². The SMILES string of the molecule is COc1ccc(N2C[C@@H](NC(=O)c3ccccc3Cl)CC2=O)cc1. The van der Waals surface area contributed by atoms with Gasteiger partial charge in [-0.25, -0.2) is 0 Å². The average Bonchev–Trinajstić information content (AvgIpc) is 2.95. The quantitative estimate of drug-likeness (QED) is 0.927. The summed E-state index contributed by atoms with van der Waals surface area (Å²) >= 11 is 6.04. The summed E-state index contributed by atoms with van der Waals surface area (Å²) < 4.78 is 5.12. The number of rotatable bonds is 4. The lowest BCUT2D eigenvalue weighted by atomic mass is 10.2. The Hall–Kier alpha value is -2.53. The minimum Gasteiger partial charge on any atom is -0.497 e. The summed E-state index contributed by atoms with van der Waals surface area (Å²) in [5, 5.41) is 3.27. The van der Waals surface area contributed by atoms with Crippen LogP contribution in [0, 0.1) is 0 Å². The highest BCUT2D eigenvalue weighted by atomic mass is 35.5. The fraction of sp³-hybridized carbons (Fsp3) is 0.222. The molecule has 2 aromatic rings. The molecule has 1 heterocycles. The molecular weight excluding hydrogens is 328 g/mol. The molecule has 0 bridgehead atoms. The van der Waals surface area contributed by atoms with Gasteiger partial charge in [0.25, 0.3) is 5.91 Å². The van der Waals surface area contributed by atoms with E-state index >= 15 is 0 Å². The van der Waals surface area contributed by atoms with Crippen LogP contribution in [-0.4, -0.2) is 31.5 Å². The van der Waals surface area contributed by atoms with Gasteiger partial charge in [-0.3, -0.25) is 9.59 Å². The molecule has 1 atom stereocenters. The van der Waals surface area contributed by atoms with E-state index < -0.39 is 0 Å². The van der Waals surface area contributed by atoms with Crippen molar-refractivity contribution in [1.29, 1.82) is 0 Å². The Morgan fingerprint density at radius 2 is 1.92 bits per heavy atom. The van der Waals surface area contributed by atoms with Crippen molar-refractivity contribution >= 4 is 29.1 Å². The normalized spacial score (nSPS) is 17.0. The number of hydrogen-bond acceptors (Lipinski definition) is 3. The third-order valence-electron chi connectivity index (χ3n) is 3.96. The van der Waals surface area contributed by atoms with Crippen LogP contribution in [0.2, 0.25) is 5.02 Å². The van der Waals surface area contributed by atoms with Gasteiger partial charge in [0.2, 0.25) is 5.91 Å². The monoisotopic (exact) mass is 344 g/mol. The van der Waals surface area contributed by atoms with Crippen LogP contribution >= 0.6 is 11.6 Å². The predicted octanol–water partition coefficient (Wildman–Crippen LogP) is 2.88. The third kappa shape index (κ3) is 3.36.